The Morgan fingerprint density at radius 3 is 2.52 bits per heavy atom. The number of benzene rings is 3. The van der Waals surface area contributed by atoms with Gasteiger partial charge in [-0.05, 0) is 47.5 Å². The van der Waals surface area contributed by atoms with E-state index in [-0.39, 0.29) is 29.0 Å². The SMILES string of the molecule is CC(C)C(=O)Cc1ccc(C(=O)O)c(-c2c3ccc(=N)cc-3oc3cc(N)ccc23)c1. The molecule has 1 aliphatic carbocycles. The molecule has 2 aliphatic rings. The molecule has 0 atom stereocenters. The Hall–Kier alpha value is -3.93. The van der Waals surface area contributed by atoms with Crippen LogP contribution in [0.4, 0.5) is 5.69 Å². The number of carboxylic acid groups (broad SMARTS) is 1. The lowest BCUT2D eigenvalue weighted by atomic mass is 9.88. The van der Waals surface area contributed by atoms with Gasteiger partial charge in [-0.3, -0.25) is 4.79 Å². The van der Waals surface area contributed by atoms with E-state index in [1.807, 2.05) is 13.8 Å². The lowest BCUT2D eigenvalue weighted by Crippen LogP contribution is -2.11. The van der Waals surface area contributed by atoms with E-state index in [0.717, 1.165) is 5.56 Å². The summed E-state index contributed by atoms with van der Waals surface area (Å²) in [6.45, 7) is 3.69. The third kappa shape index (κ3) is 3.80. The third-order valence-electron chi connectivity index (χ3n) is 5.35. The Balaban J connectivity index is 2.08. The number of Topliss-reactive ketones (excluding diaryl/α,β-unsaturated/α-hetero) is 1. The van der Waals surface area contributed by atoms with Crippen molar-refractivity contribution in [2.24, 2.45) is 5.92 Å². The number of carbonyl (C=O) groups excluding carboxylic acids is 1. The van der Waals surface area contributed by atoms with Gasteiger partial charge in [0.05, 0.1) is 10.9 Å². The van der Waals surface area contributed by atoms with Crippen molar-refractivity contribution in [3.8, 4) is 22.5 Å². The minimum Gasteiger partial charge on any atom is -0.478 e. The van der Waals surface area contributed by atoms with E-state index >= 15 is 0 Å². The molecule has 1 aliphatic heterocycles. The molecule has 6 nitrogen and oxygen atoms in total. The molecule has 6 heteroatoms. The van der Waals surface area contributed by atoms with Crippen LogP contribution >= 0.6 is 0 Å². The van der Waals surface area contributed by atoms with Crippen LogP contribution in [0.5, 0.6) is 0 Å². The zero-order valence-electron chi connectivity index (χ0n) is 17.2. The smallest absolute Gasteiger partial charge is 0.336 e. The molecule has 31 heavy (non-hydrogen) atoms. The minimum absolute atomic E-state index is 0.0819. The first-order chi connectivity index (χ1) is 14.7. The predicted molar refractivity (Wildman–Crippen MR) is 119 cm³/mol. The van der Waals surface area contributed by atoms with E-state index in [4.69, 9.17) is 15.6 Å². The van der Waals surface area contributed by atoms with Gasteiger partial charge in [0.1, 0.15) is 17.1 Å². The predicted octanol–water partition coefficient (Wildman–Crippen LogP) is 4.73. The second-order valence-corrected chi connectivity index (χ2v) is 7.93. The van der Waals surface area contributed by atoms with Gasteiger partial charge in [0.25, 0.3) is 0 Å². The number of anilines is 1. The molecule has 4 N–H and O–H groups in total. The van der Waals surface area contributed by atoms with Gasteiger partial charge < -0.3 is 20.7 Å². The average Bonchev–Trinajstić information content (AvgIpc) is 2.71. The molecule has 0 unspecified atom stereocenters. The van der Waals surface area contributed by atoms with E-state index < -0.39 is 5.97 Å². The zero-order chi connectivity index (χ0) is 22.3. The molecule has 0 saturated carbocycles. The van der Waals surface area contributed by atoms with Crippen molar-refractivity contribution in [2.45, 2.75) is 20.3 Å². The molecule has 2 aromatic rings. The zero-order valence-corrected chi connectivity index (χ0v) is 17.2. The molecule has 4 rings (SSSR count). The van der Waals surface area contributed by atoms with E-state index in [9.17, 15) is 14.7 Å². The molecule has 0 saturated heterocycles. The maximum absolute atomic E-state index is 12.3. The highest BCUT2D eigenvalue weighted by molar-refractivity contribution is 6.08. The number of fused-ring (bicyclic) bond motifs is 2. The number of nitrogens with one attached hydrogen (secondary N) is 1. The van der Waals surface area contributed by atoms with Crippen LogP contribution in [0.1, 0.15) is 29.8 Å². The van der Waals surface area contributed by atoms with Crippen LogP contribution in [0.25, 0.3) is 33.4 Å². The maximum atomic E-state index is 12.3. The highest BCUT2D eigenvalue weighted by Gasteiger charge is 2.22. The molecule has 0 fully saturated rings. The van der Waals surface area contributed by atoms with Crippen molar-refractivity contribution < 1.29 is 19.1 Å². The Bertz CT molecular complexity index is 1370. The number of rotatable bonds is 5. The molecule has 0 aromatic heterocycles. The van der Waals surface area contributed by atoms with Gasteiger partial charge in [-0.15, -0.1) is 0 Å². The van der Waals surface area contributed by atoms with Crippen LogP contribution < -0.4 is 11.1 Å². The monoisotopic (exact) mass is 414 g/mol. The summed E-state index contributed by atoms with van der Waals surface area (Å²) in [5.74, 6) is -0.636. The topological polar surface area (TPSA) is 117 Å². The molecule has 0 spiro atoms. The van der Waals surface area contributed by atoms with Crippen LogP contribution in [0.15, 0.2) is 59.0 Å². The Morgan fingerprint density at radius 2 is 1.81 bits per heavy atom. The standard InChI is InChI=1S/C25H22N2O4/c1-13(2)21(28)10-14-3-6-17(25(29)30)20(9-14)24-18-7-4-15(26)11-22(18)31-23-12-16(27)5-8-19(23)24/h3-9,11-13,26H,10,27H2,1-2H3,(H,29,30). The van der Waals surface area contributed by atoms with Gasteiger partial charge >= 0.3 is 5.97 Å². The third-order valence-corrected chi connectivity index (χ3v) is 5.35. The number of hydrogen-bond donors (Lipinski definition) is 3. The highest BCUT2D eigenvalue weighted by Crippen LogP contribution is 2.42. The Morgan fingerprint density at radius 1 is 1.03 bits per heavy atom. The summed E-state index contributed by atoms with van der Waals surface area (Å²) in [6.07, 6.45) is 0.224. The first-order valence-corrected chi connectivity index (χ1v) is 9.94. The summed E-state index contributed by atoms with van der Waals surface area (Å²) in [7, 11) is 0. The normalized spacial score (nSPS) is 11.3. The van der Waals surface area contributed by atoms with Crippen LogP contribution in [-0.2, 0) is 11.2 Å². The quantitative estimate of drug-likeness (QED) is 0.322. The summed E-state index contributed by atoms with van der Waals surface area (Å²) < 4.78 is 6.00. The first kappa shape index (κ1) is 20.3. The van der Waals surface area contributed by atoms with Crippen molar-refractivity contribution >= 4 is 28.4 Å². The van der Waals surface area contributed by atoms with Crippen LogP contribution in [0.3, 0.4) is 0 Å². The molecule has 0 bridgehead atoms. The van der Waals surface area contributed by atoms with E-state index in [2.05, 4.69) is 0 Å². The van der Waals surface area contributed by atoms with E-state index in [1.165, 1.54) is 0 Å². The van der Waals surface area contributed by atoms with Crippen molar-refractivity contribution in [1.29, 1.82) is 5.41 Å². The molecule has 2 aromatic carbocycles. The Kier molecular flexibility index (Phi) is 5.07. The number of ketones is 1. The molecular weight excluding hydrogens is 392 g/mol. The minimum atomic E-state index is -1.06. The fraction of sp³-hybridized carbons (Fsp3) is 0.160. The molecule has 0 radical (unpaired) electrons. The number of hydrogen-bond acceptors (Lipinski definition) is 5. The number of nitrogen functional groups attached to an aromatic ring is 1. The van der Waals surface area contributed by atoms with Gasteiger partial charge in [-0.25, -0.2) is 4.79 Å². The summed E-state index contributed by atoms with van der Waals surface area (Å²) in [6, 6.07) is 15.2. The average molecular weight is 414 g/mol. The van der Waals surface area contributed by atoms with Crippen molar-refractivity contribution in [2.75, 3.05) is 5.73 Å². The summed E-state index contributed by atoms with van der Waals surface area (Å²) >= 11 is 0. The highest BCUT2D eigenvalue weighted by atomic mass is 16.4. The van der Waals surface area contributed by atoms with Gasteiger partial charge in [0, 0.05) is 46.7 Å². The van der Waals surface area contributed by atoms with Crippen molar-refractivity contribution in [3.05, 3.63) is 71.1 Å². The van der Waals surface area contributed by atoms with Gasteiger partial charge in [-0.2, -0.15) is 0 Å². The second kappa shape index (κ2) is 7.72. The lowest BCUT2D eigenvalue weighted by molar-refractivity contribution is -0.121. The summed E-state index contributed by atoms with van der Waals surface area (Å²) in [4.78, 5) is 24.4. The van der Waals surface area contributed by atoms with Gasteiger partial charge in [0.2, 0.25) is 0 Å². The van der Waals surface area contributed by atoms with Crippen molar-refractivity contribution in [3.63, 3.8) is 0 Å². The second-order valence-electron chi connectivity index (χ2n) is 7.93. The number of nitrogens with two attached hydrogens (primary N) is 1. The molecule has 0 amide bonds. The molecular formula is C25H22N2O4. The molecule has 1 heterocycles. The van der Waals surface area contributed by atoms with Crippen LogP contribution in [0.2, 0.25) is 0 Å². The fourth-order valence-electron chi connectivity index (χ4n) is 3.70. The Labute approximate surface area is 178 Å². The largest absolute Gasteiger partial charge is 0.478 e. The lowest BCUT2D eigenvalue weighted by Gasteiger charge is -2.18. The number of carbonyl (C=O) groups is 2. The van der Waals surface area contributed by atoms with Gasteiger partial charge in [0.15, 0.2) is 0 Å². The summed E-state index contributed by atoms with van der Waals surface area (Å²) in [5, 5.41) is 18.8. The van der Waals surface area contributed by atoms with Crippen LogP contribution in [-0.4, -0.2) is 16.9 Å². The van der Waals surface area contributed by atoms with Crippen LogP contribution in [0, 0.1) is 11.3 Å². The van der Waals surface area contributed by atoms with E-state index in [0.29, 0.717) is 39.1 Å². The van der Waals surface area contributed by atoms with Crippen molar-refractivity contribution in [1.82, 2.24) is 0 Å². The van der Waals surface area contributed by atoms with Gasteiger partial charge in [-0.1, -0.05) is 19.9 Å². The summed E-state index contributed by atoms with van der Waals surface area (Å²) in [5.41, 5.74) is 9.67. The number of carboxylic acids is 1. The first-order valence-electron chi connectivity index (χ1n) is 9.94. The van der Waals surface area contributed by atoms with E-state index in [1.54, 1.807) is 54.6 Å². The fourth-order valence-corrected chi connectivity index (χ4v) is 3.70. The number of aromatic carboxylic acids is 1. The maximum Gasteiger partial charge on any atom is 0.336 e. The molecule has 156 valence electrons.